The topological polar surface area (TPSA) is 48.8 Å². The highest BCUT2D eigenvalue weighted by atomic mass is 16.3. The van der Waals surface area contributed by atoms with Crippen molar-refractivity contribution in [2.75, 3.05) is 0 Å². The fraction of sp³-hybridized carbons (Fsp3) is 0.0385. The Kier molecular flexibility index (Phi) is 6.99. The fourth-order valence-electron chi connectivity index (χ4n) is 9.26. The molecule has 0 N–H and O–H groups in total. The van der Waals surface area contributed by atoms with Gasteiger partial charge in [-0.15, -0.1) is 0 Å². The van der Waals surface area contributed by atoms with Crippen molar-refractivity contribution in [3.63, 3.8) is 0 Å². The molecule has 1 aliphatic carbocycles. The fourth-order valence-corrected chi connectivity index (χ4v) is 9.26. The van der Waals surface area contributed by atoms with Crippen molar-refractivity contribution >= 4 is 60.7 Å². The van der Waals surface area contributed by atoms with E-state index in [1.54, 1.807) is 0 Å². The predicted octanol–water partition coefficient (Wildman–Crippen LogP) is 13.4. The van der Waals surface area contributed by atoms with Gasteiger partial charge in [-0.05, 0) is 90.7 Å². The number of fused-ring (bicyclic) bond motifs is 11. The lowest BCUT2D eigenvalue weighted by atomic mass is 9.96. The number of allylic oxidation sites excluding steroid dienone is 1. The van der Waals surface area contributed by atoms with Crippen LogP contribution in [0.4, 0.5) is 0 Å². The Morgan fingerprint density at radius 3 is 1.82 bits per heavy atom. The number of furan rings is 1. The van der Waals surface area contributed by atoms with Gasteiger partial charge in [-0.2, -0.15) is 0 Å². The molecule has 12 rings (SSSR count). The van der Waals surface area contributed by atoms with Gasteiger partial charge < -0.3 is 13.6 Å². The summed E-state index contributed by atoms with van der Waals surface area (Å²) in [7, 11) is 0. The molecule has 268 valence electrons. The van der Waals surface area contributed by atoms with Gasteiger partial charge in [-0.1, -0.05) is 103 Å². The Bertz CT molecular complexity index is 3370. The van der Waals surface area contributed by atoms with Crippen molar-refractivity contribution in [1.29, 1.82) is 0 Å². The summed E-state index contributed by atoms with van der Waals surface area (Å²) >= 11 is 0. The molecule has 57 heavy (non-hydrogen) atoms. The molecule has 0 saturated carbocycles. The van der Waals surface area contributed by atoms with E-state index in [1.165, 1.54) is 16.8 Å². The summed E-state index contributed by atoms with van der Waals surface area (Å²) in [6, 6.07) is 55.8. The quantitative estimate of drug-likeness (QED) is 0.177. The van der Waals surface area contributed by atoms with Crippen LogP contribution in [0.25, 0.3) is 106 Å². The maximum absolute atomic E-state index is 7.43. The van der Waals surface area contributed by atoms with Gasteiger partial charge >= 0.3 is 0 Å². The van der Waals surface area contributed by atoms with Crippen LogP contribution < -0.4 is 0 Å². The first-order chi connectivity index (χ1) is 28.3. The Morgan fingerprint density at radius 2 is 1.11 bits per heavy atom. The third-order valence-corrected chi connectivity index (χ3v) is 11.7. The van der Waals surface area contributed by atoms with Gasteiger partial charge in [0.2, 0.25) is 0 Å². The maximum atomic E-state index is 7.43. The molecular weight excluding hydrogens is 697 g/mol. The molecule has 5 aromatic heterocycles. The van der Waals surface area contributed by atoms with Crippen molar-refractivity contribution in [2.45, 2.75) is 12.8 Å². The van der Waals surface area contributed by atoms with Crippen LogP contribution in [-0.4, -0.2) is 19.1 Å². The van der Waals surface area contributed by atoms with E-state index in [1.807, 2.05) is 24.5 Å². The Labute approximate surface area is 328 Å². The van der Waals surface area contributed by atoms with E-state index in [0.717, 1.165) is 107 Å². The van der Waals surface area contributed by atoms with Crippen LogP contribution in [0.2, 0.25) is 0 Å². The zero-order chi connectivity index (χ0) is 37.5. The summed E-state index contributed by atoms with van der Waals surface area (Å²) in [6.45, 7) is 0. The first-order valence-electron chi connectivity index (χ1n) is 19.5. The Hall–Kier alpha value is -7.50. The first kappa shape index (κ1) is 31.8. The molecule has 0 atom stereocenters. The zero-order valence-electron chi connectivity index (χ0n) is 30.9. The van der Waals surface area contributed by atoms with Crippen molar-refractivity contribution in [3.8, 4) is 45.0 Å². The molecule has 1 aliphatic rings. The number of hydrogen-bond donors (Lipinski definition) is 0. The van der Waals surface area contributed by atoms with Crippen molar-refractivity contribution in [2.24, 2.45) is 0 Å². The molecule has 5 heterocycles. The van der Waals surface area contributed by atoms with E-state index in [2.05, 4.69) is 167 Å². The monoisotopic (exact) mass is 730 g/mol. The molecule has 0 amide bonds. The average molecular weight is 731 g/mol. The number of aromatic nitrogens is 4. The molecule has 0 radical (unpaired) electrons. The molecule has 5 heteroatoms. The van der Waals surface area contributed by atoms with Crippen molar-refractivity contribution in [3.05, 3.63) is 187 Å². The third-order valence-electron chi connectivity index (χ3n) is 11.7. The second-order valence-corrected chi connectivity index (χ2v) is 14.8. The van der Waals surface area contributed by atoms with Crippen LogP contribution in [0.3, 0.4) is 0 Å². The minimum absolute atomic E-state index is 0.870. The number of nitrogens with zero attached hydrogens (tertiary/aromatic N) is 4. The molecule has 0 unspecified atom stereocenters. The number of rotatable bonds is 5. The van der Waals surface area contributed by atoms with Crippen LogP contribution in [0, 0.1) is 0 Å². The number of para-hydroxylation sites is 2. The van der Waals surface area contributed by atoms with Gasteiger partial charge in [-0.3, -0.25) is 9.97 Å². The van der Waals surface area contributed by atoms with Gasteiger partial charge in [0.25, 0.3) is 0 Å². The van der Waals surface area contributed by atoms with E-state index < -0.39 is 0 Å². The van der Waals surface area contributed by atoms with Gasteiger partial charge in [-0.25, -0.2) is 0 Å². The second-order valence-electron chi connectivity index (χ2n) is 14.8. The van der Waals surface area contributed by atoms with Crippen molar-refractivity contribution in [1.82, 2.24) is 19.1 Å². The first-order valence-corrected chi connectivity index (χ1v) is 19.5. The third kappa shape index (κ3) is 4.76. The highest BCUT2D eigenvalue weighted by Gasteiger charge is 2.29. The van der Waals surface area contributed by atoms with E-state index in [-0.39, 0.29) is 0 Å². The van der Waals surface area contributed by atoms with Gasteiger partial charge in [0.15, 0.2) is 0 Å². The van der Waals surface area contributed by atoms with Crippen LogP contribution in [0.1, 0.15) is 17.7 Å². The van der Waals surface area contributed by atoms with Crippen LogP contribution >= 0.6 is 0 Å². The maximum Gasteiger partial charge on any atom is 0.145 e. The van der Waals surface area contributed by atoms with E-state index in [4.69, 9.17) is 14.4 Å². The lowest BCUT2D eigenvalue weighted by molar-refractivity contribution is 0.676. The average Bonchev–Trinajstić information content (AvgIpc) is 3.95. The minimum Gasteiger partial charge on any atom is -0.455 e. The predicted molar refractivity (Wildman–Crippen MR) is 234 cm³/mol. The normalized spacial score (nSPS) is 12.7. The largest absolute Gasteiger partial charge is 0.455 e. The van der Waals surface area contributed by atoms with E-state index >= 15 is 0 Å². The molecule has 0 fully saturated rings. The summed E-state index contributed by atoms with van der Waals surface area (Å²) in [4.78, 5) is 9.94. The van der Waals surface area contributed by atoms with Crippen LogP contribution in [0.15, 0.2) is 181 Å². The highest BCUT2D eigenvalue weighted by molar-refractivity contribution is 6.30. The molecule has 5 nitrogen and oxygen atoms in total. The standard InChI is InChI=1S/C52H34N4O/c1-3-16-33(17-4-1)34-18-15-21-36(30-34)56-46-27-10-8-23-38(46)48-50(56)42(44-25-12-14-29-54-44)32-40-39-31-41(43-24-11-13-28-53-43)49-47(51(39)57-52(40)48)37-22-7-9-26-45(37)55(49)35-19-5-2-6-20-35/h1-8,10-25,27-32H,9,26H2. The minimum atomic E-state index is 0.870. The molecular formula is C52H34N4O. The number of pyridine rings is 2. The highest BCUT2D eigenvalue weighted by Crippen LogP contribution is 2.50. The summed E-state index contributed by atoms with van der Waals surface area (Å²) in [5.74, 6) is 0. The van der Waals surface area contributed by atoms with Crippen LogP contribution in [-0.2, 0) is 6.42 Å². The van der Waals surface area contributed by atoms with Gasteiger partial charge in [0, 0.05) is 62.3 Å². The van der Waals surface area contributed by atoms with Gasteiger partial charge in [0.1, 0.15) is 11.2 Å². The lowest BCUT2D eigenvalue weighted by Gasteiger charge is -2.14. The Morgan fingerprint density at radius 1 is 0.491 bits per heavy atom. The van der Waals surface area contributed by atoms with E-state index in [9.17, 15) is 0 Å². The summed E-state index contributed by atoms with van der Waals surface area (Å²) < 4.78 is 12.3. The number of benzene rings is 6. The number of hydrogen-bond acceptors (Lipinski definition) is 3. The van der Waals surface area contributed by atoms with Gasteiger partial charge in [0.05, 0.1) is 38.7 Å². The molecule has 11 aromatic rings. The molecule has 0 bridgehead atoms. The zero-order valence-corrected chi connectivity index (χ0v) is 30.9. The Balaban J connectivity index is 1.28. The smallest absolute Gasteiger partial charge is 0.145 e. The van der Waals surface area contributed by atoms with Crippen molar-refractivity contribution < 1.29 is 4.42 Å². The summed E-state index contributed by atoms with van der Waals surface area (Å²) in [5, 5.41) is 5.44. The summed E-state index contributed by atoms with van der Waals surface area (Å²) in [5.41, 5.74) is 16.1. The second kappa shape index (κ2) is 12.5. The van der Waals surface area contributed by atoms with Crippen LogP contribution in [0.5, 0.6) is 0 Å². The SMILES string of the molecule is C1=Cc2c(n(-c3ccccc3)c3c(-c4ccccn4)cc4c5cc(-c6ccccn6)c6c(c7ccccc7n6-c6cccc(-c7ccccc7)c6)c5oc4c23)CC1. The molecule has 0 spiro atoms. The van der Waals surface area contributed by atoms with E-state index in [0.29, 0.717) is 0 Å². The lowest BCUT2D eigenvalue weighted by Crippen LogP contribution is -2.03. The molecule has 0 aliphatic heterocycles. The summed E-state index contributed by atoms with van der Waals surface area (Å²) in [6.07, 6.45) is 10.3. The molecule has 0 saturated heterocycles. The molecule has 6 aromatic carbocycles.